The van der Waals surface area contributed by atoms with Gasteiger partial charge in [-0.25, -0.2) is 0 Å². The van der Waals surface area contributed by atoms with Crippen LogP contribution in [0.15, 0.2) is 0 Å². The van der Waals surface area contributed by atoms with Gasteiger partial charge in [0.25, 0.3) is 0 Å². The first kappa shape index (κ1) is 14.3. The molecule has 0 radical (unpaired) electrons. The van der Waals surface area contributed by atoms with Crippen LogP contribution in [0.5, 0.6) is 0 Å². The molecule has 3 fully saturated rings. The van der Waals surface area contributed by atoms with Crippen molar-refractivity contribution < 1.29 is 4.79 Å². The van der Waals surface area contributed by atoms with Crippen LogP contribution < -0.4 is 10.6 Å². The molecule has 2 N–H and O–H groups in total. The van der Waals surface area contributed by atoms with Gasteiger partial charge in [-0.05, 0) is 76.2 Å². The highest BCUT2D eigenvalue weighted by molar-refractivity contribution is 5.82. The Bertz CT molecular complexity index is 344. The molecule has 2 aliphatic heterocycles. The standard InChI is InChI=1S/C16H29N3O/c1-2-19-9-3-13(4-10-19)12-18-15(20)14-11-16(14)5-7-17-8-6-16/h13-14,17H,2-12H2,1H3,(H,18,20). The van der Waals surface area contributed by atoms with E-state index in [-0.39, 0.29) is 0 Å². The van der Waals surface area contributed by atoms with E-state index in [1.807, 2.05) is 0 Å². The summed E-state index contributed by atoms with van der Waals surface area (Å²) in [4.78, 5) is 14.8. The summed E-state index contributed by atoms with van der Waals surface area (Å²) in [5.41, 5.74) is 0.376. The molecule has 1 unspecified atom stereocenters. The van der Waals surface area contributed by atoms with Crippen molar-refractivity contribution in [2.75, 3.05) is 39.3 Å². The lowest BCUT2D eigenvalue weighted by Crippen LogP contribution is -2.39. The largest absolute Gasteiger partial charge is 0.356 e. The molecule has 1 amide bonds. The van der Waals surface area contributed by atoms with Gasteiger partial charge in [0, 0.05) is 12.5 Å². The summed E-state index contributed by atoms with van der Waals surface area (Å²) in [5.74, 6) is 1.36. The maximum Gasteiger partial charge on any atom is 0.223 e. The van der Waals surface area contributed by atoms with Crippen molar-refractivity contribution in [1.82, 2.24) is 15.5 Å². The Labute approximate surface area is 122 Å². The maximum atomic E-state index is 12.3. The highest BCUT2D eigenvalue weighted by Crippen LogP contribution is 2.58. The minimum atomic E-state index is 0.320. The second-order valence-electron chi connectivity index (χ2n) is 6.99. The van der Waals surface area contributed by atoms with E-state index in [9.17, 15) is 4.79 Å². The Morgan fingerprint density at radius 2 is 2.00 bits per heavy atom. The fraction of sp³-hybridized carbons (Fsp3) is 0.938. The number of amides is 1. The average molecular weight is 279 g/mol. The molecule has 0 aromatic heterocycles. The summed E-state index contributed by atoms with van der Waals surface area (Å²) in [7, 11) is 0. The second kappa shape index (κ2) is 6.02. The smallest absolute Gasteiger partial charge is 0.223 e. The minimum Gasteiger partial charge on any atom is -0.356 e. The summed E-state index contributed by atoms with van der Waals surface area (Å²) in [6.07, 6.45) is 6.01. The lowest BCUT2D eigenvalue weighted by atomic mass is 9.91. The predicted octanol–water partition coefficient (Wildman–Crippen LogP) is 1.22. The molecule has 114 valence electrons. The molecular formula is C16H29N3O. The first-order valence-corrected chi connectivity index (χ1v) is 8.44. The van der Waals surface area contributed by atoms with E-state index in [1.165, 1.54) is 38.8 Å². The molecule has 1 spiro atoms. The van der Waals surface area contributed by atoms with Crippen molar-refractivity contribution in [2.45, 2.75) is 39.0 Å². The Morgan fingerprint density at radius 1 is 1.30 bits per heavy atom. The highest BCUT2D eigenvalue weighted by Gasteiger charge is 2.57. The van der Waals surface area contributed by atoms with Crippen molar-refractivity contribution in [2.24, 2.45) is 17.3 Å². The van der Waals surface area contributed by atoms with Gasteiger partial charge < -0.3 is 15.5 Å². The number of hydrogen-bond donors (Lipinski definition) is 2. The van der Waals surface area contributed by atoms with E-state index < -0.39 is 0 Å². The predicted molar refractivity (Wildman–Crippen MR) is 80.5 cm³/mol. The lowest BCUT2D eigenvalue weighted by molar-refractivity contribution is -0.123. The van der Waals surface area contributed by atoms with Crippen LogP contribution in [0.1, 0.15) is 39.0 Å². The number of likely N-dealkylation sites (tertiary alicyclic amines) is 1. The zero-order valence-corrected chi connectivity index (χ0v) is 12.8. The SMILES string of the molecule is CCN1CCC(CNC(=O)C2CC23CCNCC3)CC1. The zero-order valence-electron chi connectivity index (χ0n) is 12.8. The third-order valence-corrected chi connectivity index (χ3v) is 5.82. The van der Waals surface area contributed by atoms with Gasteiger partial charge in [-0.3, -0.25) is 4.79 Å². The number of hydrogen-bond acceptors (Lipinski definition) is 3. The van der Waals surface area contributed by atoms with Gasteiger partial charge in [0.1, 0.15) is 0 Å². The molecule has 0 aromatic carbocycles. The summed E-state index contributed by atoms with van der Waals surface area (Å²) in [5, 5.41) is 6.64. The summed E-state index contributed by atoms with van der Waals surface area (Å²) in [6, 6.07) is 0. The average Bonchev–Trinajstić information content (AvgIpc) is 3.19. The second-order valence-corrected chi connectivity index (χ2v) is 6.99. The van der Waals surface area contributed by atoms with Crippen LogP contribution in [-0.4, -0.2) is 50.1 Å². The Hall–Kier alpha value is -0.610. The third kappa shape index (κ3) is 3.01. The number of rotatable bonds is 4. The summed E-state index contributed by atoms with van der Waals surface area (Å²) < 4.78 is 0. The van der Waals surface area contributed by atoms with Gasteiger partial charge in [0.2, 0.25) is 5.91 Å². The minimum absolute atomic E-state index is 0.320. The molecule has 2 heterocycles. The van der Waals surface area contributed by atoms with E-state index in [0.29, 0.717) is 23.2 Å². The van der Waals surface area contributed by atoms with Gasteiger partial charge in [-0.2, -0.15) is 0 Å². The number of piperidine rings is 2. The third-order valence-electron chi connectivity index (χ3n) is 5.82. The summed E-state index contributed by atoms with van der Waals surface area (Å²) in [6.45, 7) is 8.90. The van der Waals surface area contributed by atoms with E-state index in [1.54, 1.807) is 0 Å². The van der Waals surface area contributed by atoms with Crippen LogP contribution in [0.3, 0.4) is 0 Å². The van der Waals surface area contributed by atoms with Crippen LogP contribution >= 0.6 is 0 Å². The van der Waals surface area contributed by atoms with Crippen LogP contribution in [-0.2, 0) is 4.79 Å². The molecule has 1 atom stereocenters. The number of carbonyl (C=O) groups is 1. The van der Waals surface area contributed by atoms with Crippen LogP contribution in [0.2, 0.25) is 0 Å². The number of nitrogens with one attached hydrogen (secondary N) is 2. The van der Waals surface area contributed by atoms with Crippen molar-refractivity contribution in [3.05, 3.63) is 0 Å². The van der Waals surface area contributed by atoms with Crippen LogP contribution in [0, 0.1) is 17.3 Å². The van der Waals surface area contributed by atoms with Crippen molar-refractivity contribution in [1.29, 1.82) is 0 Å². The molecule has 20 heavy (non-hydrogen) atoms. The monoisotopic (exact) mass is 279 g/mol. The number of nitrogens with zero attached hydrogens (tertiary/aromatic N) is 1. The Morgan fingerprint density at radius 3 is 2.65 bits per heavy atom. The van der Waals surface area contributed by atoms with E-state index in [4.69, 9.17) is 0 Å². The molecule has 4 heteroatoms. The zero-order chi connectivity index (χ0) is 14.0. The Kier molecular flexibility index (Phi) is 4.32. The first-order valence-electron chi connectivity index (χ1n) is 8.44. The molecule has 3 aliphatic rings. The van der Waals surface area contributed by atoms with Crippen molar-refractivity contribution >= 4 is 5.91 Å². The quantitative estimate of drug-likeness (QED) is 0.813. The molecule has 3 rings (SSSR count). The highest BCUT2D eigenvalue weighted by atomic mass is 16.2. The molecular weight excluding hydrogens is 250 g/mol. The summed E-state index contributed by atoms with van der Waals surface area (Å²) >= 11 is 0. The van der Waals surface area contributed by atoms with Gasteiger partial charge in [-0.15, -0.1) is 0 Å². The van der Waals surface area contributed by atoms with Crippen molar-refractivity contribution in [3.63, 3.8) is 0 Å². The molecule has 2 saturated heterocycles. The molecule has 0 aromatic rings. The van der Waals surface area contributed by atoms with Gasteiger partial charge in [0.15, 0.2) is 0 Å². The van der Waals surface area contributed by atoms with E-state index in [0.717, 1.165) is 32.6 Å². The molecule has 1 saturated carbocycles. The molecule has 4 nitrogen and oxygen atoms in total. The molecule has 1 aliphatic carbocycles. The van der Waals surface area contributed by atoms with Gasteiger partial charge >= 0.3 is 0 Å². The van der Waals surface area contributed by atoms with Gasteiger partial charge in [0.05, 0.1) is 0 Å². The maximum absolute atomic E-state index is 12.3. The fourth-order valence-electron chi connectivity index (χ4n) is 4.07. The first-order chi connectivity index (χ1) is 9.73. The van der Waals surface area contributed by atoms with Crippen LogP contribution in [0.4, 0.5) is 0 Å². The van der Waals surface area contributed by atoms with E-state index in [2.05, 4.69) is 22.5 Å². The van der Waals surface area contributed by atoms with Crippen LogP contribution in [0.25, 0.3) is 0 Å². The van der Waals surface area contributed by atoms with Crippen molar-refractivity contribution in [3.8, 4) is 0 Å². The lowest BCUT2D eigenvalue weighted by Gasteiger charge is -2.31. The Balaban J connectivity index is 1.38. The molecule has 0 bridgehead atoms. The fourth-order valence-corrected chi connectivity index (χ4v) is 4.07. The normalized spacial score (nSPS) is 30.4. The topological polar surface area (TPSA) is 44.4 Å². The number of carbonyl (C=O) groups excluding carboxylic acids is 1. The van der Waals surface area contributed by atoms with E-state index >= 15 is 0 Å². The van der Waals surface area contributed by atoms with Gasteiger partial charge in [-0.1, -0.05) is 6.92 Å².